The van der Waals surface area contributed by atoms with E-state index in [-0.39, 0.29) is 16.5 Å². The highest BCUT2D eigenvalue weighted by molar-refractivity contribution is 7.92. The number of carbonyl (C=O) groups excluding carboxylic acids is 2. The molecule has 1 atom stereocenters. The maximum Gasteiger partial charge on any atom is 0.338 e. The van der Waals surface area contributed by atoms with E-state index in [1.807, 2.05) is 54.8 Å². The Balaban J connectivity index is 1.24. The van der Waals surface area contributed by atoms with Gasteiger partial charge in [0.15, 0.2) is 11.7 Å². The second-order valence-corrected chi connectivity index (χ2v) is 11.2. The second-order valence-electron chi connectivity index (χ2n) is 8.54. The maximum absolute atomic E-state index is 13.5. The fourth-order valence-electron chi connectivity index (χ4n) is 4.24. The van der Waals surface area contributed by atoms with Crippen LogP contribution >= 0.6 is 11.3 Å². The zero-order valence-electron chi connectivity index (χ0n) is 19.8. The Morgan fingerprint density at radius 3 is 2.62 bits per heavy atom. The zero-order valence-corrected chi connectivity index (χ0v) is 21.5. The van der Waals surface area contributed by atoms with Crippen molar-refractivity contribution in [3.63, 3.8) is 0 Å². The SMILES string of the molecule is CC1Cc2ccccc2N1S(=O)(=O)c1cccc(C(=O)OCC(=O)Nc2nc(-c3ccccc3)cs2)c1. The number of esters is 1. The molecule has 1 aliphatic heterocycles. The standard InChI is InChI=1S/C27H23N3O5S2/c1-18-14-20-10-5-6-13-24(20)30(18)37(33,34)22-12-7-11-21(15-22)26(32)35-16-25(31)29-27-28-23(17-36-27)19-8-3-2-4-9-19/h2-13,15,17-18H,14,16H2,1H3,(H,28,29,31). The molecule has 0 saturated heterocycles. The first-order valence-electron chi connectivity index (χ1n) is 11.5. The quantitative estimate of drug-likeness (QED) is 0.344. The number of rotatable bonds is 7. The minimum absolute atomic E-state index is 0.0221. The Kier molecular flexibility index (Phi) is 6.77. The highest BCUT2D eigenvalue weighted by atomic mass is 32.2. The monoisotopic (exact) mass is 533 g/mol. The number of hydrogen-bond donors (Lipinski definition) is 1. The van der Waals surface area contributed by atoms with E-state index in [1.165, 1.54) is 39.9 Å². The third kappa shape index (κ3) is 5.11. The van der Waals surface area contributed by atoms with Crippen molar-refractivity contribution in [3.05, 3.63) is 95.4 Å². The summed E-state index contributed by atoms with van der Waals surface area (Å²) in [4.78, 5) is 29.3. The number of carbonyl (C=O) groups is 2. The van der Waals surface area contributed by atoms with E-state index in [0.29, 0.717) is 17.2 Å². The molecule has 0 aliphatic carbocycles. The van der Waals surface area contributed by atoms with Crippen LogP contribution in [0.25, 0.3) is 11.3 Å². The van der Waals surface area contributed by atoms with Gasteiger partial charge in [-0.3, -0.25) is 14.4 Å². The maximum atomic E-state index is 13.5. The van der Waals surface area contributed by atoms with Crippen molar-refractivity contribution in [1.82, 2.24) is 4.98 Å². The molecule has 37 heavy (non-hydrogen) atoms. The molecule has 1 N–H and O–H groups in total. The van der Waals surface area contributed by atoms with Gasteiger partial charge in [-0.05, 0) is 43.2 Å². The van der Waals surface area contributed by atoms with Gasteiger partial charge >= 0.3 is 5.97 Å². The van der Waals surface area contributed by atoms with Crippen molar-refractivity contribution in [2.24, 2.45) is 0 Å². The van der Waals surface area contributed by atoms with E-state index in [0.717, 1.165) is 16.8 Å². The lowest BCUT2D eigenvalue weighted by Gasteiger charge is -2.24. The minimum atomic E-state index is -3.91. The average Bonchev–Trinajstić information content (AvgIpc) is 3.51. The summed E-state index contributed by atoms with van der Waals surface area (Å²) >= 11 is 1.26. The zero-order chi connectivity index (χ0) is 26.0. The van der Waals surface area contributed by atoms with Gasteiger partial charge in [0.05, 0.1) is 21.8 Å². The highest BCUT2D eigenvalue weighted by Crippen LogP contribution is 2.36. The number of nitrogens with one attached hydrogen (secondary N) is 1. The first kappa shape index (κ1) is 24.7. The lowest BCUT2D eigenvalue weighted by Crippen LogP contribution is -2.35. The molecule has 188 valence electrons. The summed E-state index contributed by atoms with van der Waals surface area (Å²) in [6.45, 7) is 1.31. The molecular weight excluding hydrogens is 510 g/mol. The van der Waals surface area contributed by atoms with Crippen LogP contribution < -0.4 is 9.62 Å². The lowest BCUT2D eigenvalue weighted by molar-refractivity contribution is -0.119. The van der Waals surface area contributed by atoms with Crippen LogP contribution in [0.1, 0.15) is 22.8 Å². The van der Waals surface area contributed by atoms with Crippen molar-refractivity contribution in [2.45, 2.75) is 24.3 Å². The first-order valence-corrected chi connectivity index (χ1v) is 13.9. The predicted octanol–water partition coefficient (Wildman–Crippen LogP) is 4.75. The Labute approximate surface area is 218 Å². The number of aromatic nitrogens is 1. The molecular formula is C27H23N3O5S2. The molecule has 2 heterocycles. The van der Waals surface area contributed by atoms with Gasteiger partial charge in [-0.15, -0.1) is 11.3 Å². The molecule has 0 saturated carbocycles. The number of nitrogens with zero attached hydrogens (tertiary/aromatic N) is 2. The van der Waals surface area contributed by atoms with Gasteiger partial charge in [-0.1, -0.05) is 54.6 Å². The molecule has 5 rings (SSSR count). The predicted molar refractivity (Wildman–Crippen MR) is 142 cm³/mol. The Hall–Kier alpha value is -4.02. The molecule has 8 nitrogen and oxygen atoms in total. The van der Waals surface area contributed by atoms with Crippen molar-refractivity contribution < 1.29 is 22.7 Å². The number of para-hydroxylation sites is 1. The van der Waals surface area contributed by atoms with Crippen LogP contribution in [0.5, 0.6) is 0 Å². The van der Waals surface area contributed by atoms with Crippen molar-refractivity contribution in [3.8, 4) is 11.3 Å². The summed E-state index contributed by atoms with van der Waals surface area (Å²) in [7, 11) is -3.91. The largest absolute Gasteiger partial charge is 0.452 e. The van der Waals surface area contributed by atoms with Crippen LogP contribution in [-0.4, -0.2) is 37.9 Å². The average molecular weight is 534 g/mol. The Morgan fingerprint density at radius 2 is 1.81 bits per heavy atom. The summed E-state index contributed by atoms with van der Waals surface area (Å²) in [5.41, 5.74) is 3.28. The number of benzene rings is 3. The van der Waals surface area contributed by atoms with Crippen molar-refractivity contribution >= 4 is 44.1 Å². The van der Waals surface area contributed by atoms with Gasteiger partial charge < -0.3 is 4.74 Å². The number of thiazole rings is 1. The summed E-state index contributed by atoms with van der Waals surface area (Å²) in [5, 5.41) is 4.82. The molecule has 1 amide bonds. The van der Waals surface area contributed by atoms with Crippen LogP contribution in [0.15, 0.2) is 89.1 Å². The van der Waals surface area contributed by atoms with Crippen LogP contribution in [0.2, 0.25) is 0 Å². The molecule has 1 aliphatic rings. The third-order valence-corrected chi connectivity index (χ3v) is 8.61. The number of hydrogen-bond acceptors (Lipinski definition) is 7. The summed E-state index contributed by atoms with van der Waals surface area (Å²) in [5.74, 6) is -1.35. The molecule has 0 fully saturated rings. The van der Waals surface area contributed by atoms with Crippen LogP contribution in [0.4, 0.5) is 10.8 Å². The van der Waals surface area contributed by atoms with E-state index in [1.54, 1.807) is 12.1 Å². The van der Waals surface area contributed by atoms with E-state index >= 15 is 0 Å². The topological polar surface area (TPSA) is 106 Å². The summed E-state index contributed by atoms with van der Waals surface area (Å²) in [6.07, 6.45) is 0.609. The Morgan fingerprint density at radius 1 is 1.05 bits per heavy atom. The second kappa shape index (κ2) is 10.2. The van der Waals surface area contributed by atoms with Crippen LogP contribution in [-0.2, 0) is 26.0 Å². The van der Waals surface area contributed by atoms with Crippen molar-refractivity contribution in [1.29, 1.82) is 0 Å². The molecule has 3 aromatic carbocycles. The van der Waals surface area contributed by atoms with Crippen LogP contribution in [0, 0.1) is 0 Å². The third-order valence-electron chi connectivity index (χ3n) is 5.93. The van der Waals surface area contributed by atoms with Gasteiger partial charge in [0.1, 0.15) is 0 Å². The van der Waals surface area contributed by atoms with Crippen molar-refractivity contribution in [2.75, 3.05) is 16.2 Å². The number of amides is 1. The molecule has 1 aromatic heterocycles. The Bertz CT molecular complexity index is 1570. The van der Waals surface area contributed by atoms with Crippen LogP contribution in [0.3, 0.4) is 0 Å². The fourth-order valence-corrected chi connectivity index (χ4v) is 6.72. The number of sulfonamides is 1. The number of fused-ring (bicyclic) bond motifs is 1. The smallest absolute Gasteiger partial charge is 0.338 e. The summed E-state index contributed by atoms with van der Waals surface area (Å²) < 4.78 is 33.4. The van der Waals surface area contributed by atoms with Gasteiger partial charge in [0, 0.05) is 17.0 Å². The molecule has 0 bridgehead atoms. The first-order chi connectivity index (χ1) is 17.8. The molecule has 0 radical (unpaired) electrons. The fraction of sp³-hybridized carbons (Fsp3) is 0.148. The molecule has 10 heteroatoms. The number of ether oxygens (including phenoxy) is 1. The number of anilines is 2. The van der Waals surface area contributed by atoms with E-state index < -0.39 is 28.5 Å². The normalized spacial score (nSPS) is 14.7. The van der Waals surface area contributed by atoms with E-state index in [2.05, 4.69) is 10.3 Å². The van der Waals surface area contributed by atoms with Gasteiger partial charge in [-0.2, -0.15) is 0 Å². The highest BCUT2D eigenvalue weighted by Gasteiger charge is 2.36. The van der Waals surface area contributed by atoms with E-state index in [9.17, 15) is 18.0 Å². The van der Waals surface area contributed by atoms with Gasteiger partial charge in [-0.25, -0.2) is 18.2 Å². The molecule has 0 spiro atoms. The summed E-state index contributed by atoms with van der Waals surface area (Å²) in [6, 6.07) is 22.3. The molecule has 1 unspecified atom stereocenters. The van der Waals surface area contributed by atoms with Gasteiger partial charge in [0.2, 0.25) is 0 Å². The lowest BCUT2D eigenvalue weighted by atomic mass is 10.1. The minimum Gasteiger partial charge on any atom is -0.452 e. The van der Waals surface area contributed by atoms with Gasteiger partial charge in [0.25, 0.3) is 15.9 Å². The molecule has 4 aromatic rings. The van der Waals surface area contributed by atoms with E-state index in [4.69, 9.17) is 4.74 Å².